The van der Waals surface area contributed by atoms with E-state index in [9.17, 15) is 9.59 Å². The Labute approximate surface area is 163 Å². The normalized spacial score (nSPS) is 16.4. The van der Waals surface area contributed by atoms with Gasteiger partial charge in [0.2, 0.25) is 5.91 Å². The molecule has 1 fully saturated rings. The lowest BCUT2D eigenvalue weighted by Crippen LogP contribution is -2.37. The van der Waals surface area contributed by atoms with Crippen molar-refractivity contribution in [3.05, 3.63) is 59.8 Å². The Hall–Kier alpha value is -3.28. The molecule has 0 spiro atoms. The number of rotatable bonds is 3. The van der Waals surface area contributed by atoms with Crippen molar-refractivity contribution in [3.63, 3.8) is 0 Å². The second kappa shape index (κ2) is 7.38. The minimum absolute atomic E-state index is 0.0246. The number of likely N-dealkylation sites (tertiary alicyclic amines) is 1. The maximum absolute atomic E-state index is 13.0. The summed E-state index contributed by atoms with van der Waals surface area (Å²) in [6.07, 6.45) is 0.777. The molecule has 0 saturated carbocycles. The van der Waals surface area contributed by atoms with E-state index < -0.39 is 0 Å². The number of amides is 2. The standard InChI is InChI=1S/C22H22N4O2/c1-14-19-8-3-4-9-20(19)21(25-24-14)16-6-5-7-17(12-16)22(28)26-11-10-18(13-26)23-15(2)27/h3-9,12,18H,10-11,13H2,1-2H3,(H,23,27)/t18-/m1/s1. The van der Waals surface area contributed by atoms with E-state index in [1.54, 1.807) is 4.90 Å². The van der Waals surface area contributed by atoms with Crippen LogP contribution in [0.15, 0.2) is 48.5 Å². The van der Waals surface area contributed by atoms with Crippen molar-refractivity contribution in [1.82, 2.24) is 20.4 Å². The smallest absolute Gasteiger partial charge is 0.253 e. The molecular weight excluding hydrogens is 352 g/mol. The number of hydrogen-bond donors (Lipinski definition) is 1. The summed E-state index contributed by atoms with van der Waals surface area (Å²) in [5, 5.41) is 13.7. The number of carbonyl (C=O) groups is 2. The molecule has 6 nitrogen and oxygen atoms in total. The van der Waals surface area contributed by atoms with Crippen LogP contribution in [0.2, 0.25) is 0 Å². The Morgan fingerprint density at radius 1 is 1.07 bits per heavy atom. The molecule has 4 rings (SSSR count). The molecule has 6 heteroatoms. The summed E-state index contributed by atoms with van der Waals surface area (Å²) >= 11 is 0. The molecule has 0 unspecified atom stereocenters. The minimum atomic E-state index is -0.0638. The van der Waals surface area contributed by atoms with Gasteiger partial charge in [0.05, 0.1) is 5.69 Å². The summed E-state index contributed by atoms with van der Waals surface area (Å²) in [6.45, 7) is 4.62. The average molecular weight is 374 g/mol. The third-order valence-electron chi connectivity index (χ3n) is 5.14. The Bertz CT molecular complexity index is 1060. The van der Waals surface area contributed by atoms with Gasteiger partial charge in [-0.3, -0.25) is 9.59 Å². The summed E-state index contributed by atoms with van der Waals surface area (Å²) in [6, 6.07) is 15.6. The van der Waals surface area contributed by atoms with Gasteiger partial charge in [0, 0.05) is 48.0 Å². The maximum atomic E-state index is 13.0. The molecule has 2 aromatic carbocycles. The Morgan fingerprint density at radius 2 is 1.86 bits per heavy atom. The monoisotopic (exact) mass is 374 g/mol. The fourth-order valence-electron chi connectivity index (χ4n) is 3.78. The Balaban J connectivity index is 1.63. The molecule has 2 heterocycles. The molecule has 2 amide bonds. The zero-order chi connectivity index (χ0) is 19.7. The lowest BCUT2D eigenvalue weighted by Gasteiger charge is -2.17. The van der Waals surface area contributed by atoms with Crippen molar-refractivity contribution >= 4 is 22.6 Å². The number of fused-ring (bicyclic) bond motifs is 1. The van der Waals surface area contributed by atoms with Crippen molar-refractivity contribution < 1.29 is 9.59 Å². The molecule has 1 N–H and O–H groups in total. The highest BCUT2D eigenvalue weighted by Crippen LogP contribution is 2.28. The lowest BCUT2D eigenvalue weighted by molar-refractivity contribution is -0.119. The Morgan fingerprint density at radius 3 is 2.64 bits per heavy atom. The topological polar surface area (TPSA) is 75.2 Å². The largest absolute Gasteiger partial charge is 0.352 e. The van der Waals surface area contributed by atoms with Gasteiger partial charge < -0.3 is 10.2 Å². The van der Waals surface area contributed by atoms with E-state index in [0.29, 0.717) is 18.7 Å². The molecule has 0 radical (unpaired) electrons. The number of aryl methyl sites for hydroxylation is 1. The molecule has 1 atom stereocenters. The van der Waals surface area contributed by atoms with Gasteiger partial charge in [0.1, 0.15) is 5.69 Å². The van der Waals surface area contributed by atoms with Crippen LogP contribution in [0.4, 0.5) is 0 Å². The third-order valence-corrected chi connectivity index (χ3v) is 5.14. The van der Waals surface area contributed by atoms with E-state index in [2.05, 4.69) is 15.5 Å². The van der Waals surface area contributed by atoms with E-state index in [-0.39, 0.29) is 17.9 Å². The molecule has 28 heavy (non-hydrogen) atoms. The molecule has 1 aliphatic rings. The summed E-state index contributed by atoms with van der Waals surface area (Å²) in [4.78, 5) is 26.0. The summed E-state index contributed by atoms with van der Waals surface area (Å²) in [5.74, 6) is -0.0924. The van der Waals surface area contributed by atoms with Crippen LogP contribution >= 0.6 is 0 Å². The molecule has 1 saturated heterocycles. The fraction of sp³-hybridized carbons (Fsp3) is 0.273. The average Bonchev–Trinajstić information content (AvgIpc) is 3.16. The highest BCUT2D eigenvalue weighted by atomic mass is 16.2. The van der Waals surface area contributed by atoms with Crippen LogP contribution in [0.25, 0.3) is 22.0 Å². The number of hydrogen-bond acceptors (Lipinski definition) is 4. The van der Waals surface area contributed by atoms with E-state index >= 15 is 0 Å². The quantitative estimate of drug-likeness (QED) is 0.765. The van der Waals surface area contributed by atoms with Gasteiger partial charge in [0.25, 0.3) is 5.91 Å². The van der Waals surface area contributed by atoms with Crippen LogP contribution in [-0.2, 0) is 4.79 Å². The lowest BCUT2D eigenvalue weighted by atomic mass is 10.0. The molecule has 1 aliphatic heterocycles. The van der Waals surface area contributed by atoms with Crippen molar-refractivity contribution in [2.75, 3.05) is 13.1 Å². The molecule has 0 aliphatic carbocycles. The minimum Gasteiger partial charge on any atom is -0.352 e. The van der Waals surface area contributed by atoms with Gasteiger partial charge in [0.15, 0.2) is 0 Å². The van der Waals surface area contributed by atoms with Gasteiger partial charge in [-0.1, -0.05) is 36.4 Å². The van der Waals surface area contributed by atoms with Crippen molar-refractivity contribution in [2.24, 2.45) is 0 Å². The van der Waals surface area contributed by atoms with Crippen LogP contribution in [0.3, 0.4) is 0 Å². The van der Waals surface area contributed by atoms with E-state index in [0.717, 1.165) is 34.1 Å². The highest BCUT2D eigenvalue weighted by Gasteiger charge is 2.27. The summed E-state index contributed by atoms with van der Waals surface area (Å²) < 4.78 is 0. The predicted molar refractivity (Wildman–Crippen MR) is 108 cm³/mol. The SMILES string of the molecule is CC(=O)N[C@@H]1CCN(C(=O)c2cccc(-c3nnc(C)c4ccccc34)c2)C1. The first-order valence-corrected chi connectivity index (χ1v) is 9.42. The molecule has 142 valence electrons. The zero-order valence-electron chi connectivity index (χ0n) is 16.0. The predicted octanol–water partition coefficient (Wildman–Crippen LogP) is 2.96. The van der Waals surface area contributed by atoms with E-state index in [4.69, 9.17) is 0 Å². The molecular formula is C22H22N4O2. The first kappa shape index (κ1) is 18.1. The molecule has 3 aromatic rings. The van der Waals surface area contributed by atoms with Gasteiger partial charge >= 0.3 is 0 Å². The fourth-order valence-corrected chi connectivity index (χ4v) is 3.78. The molecule has 1 aromatic heterocycles. The van der Waals surface area contributed by atoms with Gasteiger partial charge in [-0.2, -0.15) is 5.10 Å². The van der Waals surface area contributed by atoms with Crippen LogP contribution in [0.5, 0.6) is 0 Å². The maximum Gasteiger partial charge on any atom is 0.253 e. The first-order chi connectivity index (χ1) is 13.5. The van der Waals surface area contributed by atoms with E-state index in [1.165, 1.54) is 6.92 Å². The third kappa shape index (κ3) is 3.45. The van der Waals surface area contributed by atoms with Crippen molar-refractivity contribution in [1.29, 1.82) is 0 Å². The van der Waals surface area contributed by atoms with Crippen molar-refractivity contribution in [3.8, 4) is 11.3 Å². The number of benzene rings is 2. The Kier molecular flexibility index (Phi) is 4.77. The number of nitrogens with zero attached hydrogens (tertiary/aromatic N) is 3. The van der Waals surface area contributed by atoms with Crippen molar-refractivity contribution in [2.45, 2.75) is 26.3 Å². The van der Waals surface area contributed by atoms with E-state index in [1.807, 2.05) is 55.5 Å². The second-order valence-electron chi connectivity index (χ2n) is 7.20. The summed E-state index contributed by atoms with van der Waals surface area (Å²) in [5.41, 5.74) is 3.14. The van der Waals surface area contributed by atoms with Gasteiger partial charge in [-0.05, 0) is 25.5 Å². The number of aromatic nitrogens is 2. The van der Waals surface area contributed by atoms with Gasteiger partial charge in [-0.25, -0.2) is 0 Å². The first-order valence-electron chi connectivity index (χ1n) is 9.42. The second-order valence-corrected chi connectivity index (χ2v) is 7.20. The van der Waals surface area contributed by atoms with Gasteiger partial charge in [-0.15, -0.1) is 5.10 Å². The van der Waals surface area contributed by atoms with Crippen LogP contribution in [0.1, 0.15) is 29.4 Å². The highest BCUT2D eigenvalue weighted by molar-refractivity contribution is 5.99. The van der Waals surface area contributed by atoms with Crippen LogP contribution in [-0.4, -0.2) is 46.0 Å². The number of carbonyl (C=O) groups excluding carboxylic acids is 2. The van der Waals surface area contributed by atoms with Crippen LogP contribution in [0, 0.1) is 6.92 Å². The molecule has 0 bridgehead atoms. The number of nitrogens with one attached hydrogen (secondary N) is 1. The summed E-state index contributed by atoms with van der Waals surface area (Å²) in [7, 11) is 0. The zero-order valence-corrected chi connectivity index (χ0v) is 16.0. The van der Waals surface area contributed by atoms with Crippen LogP contribution < -0.4 is 5.32 Å².